The van der Waals surface area contributed by atoms with Crippen LogP contribution in [0.4, 0.5) is 0 Å². The quantitative estimate of drug-likeness (QED) is 0.772. The Morgan fingerprint density at radius 1 is 1.25 bits per heavy atom. The molecule has 7 nitrogen and oxygen atoms in total. The molecule has 2 unspecified atom stereocenters. The van der Waals surface area contributed by atoms with Crippen molar-refractivity contribution in [3.05, 3.63) is 64.9 Å². The minimum absolute atomic E-state index is 0.183. The summed E-state index contributed by atoms with van der Waals surface area (Å²) in [6.07, 6.45) is 2.70. The molecule has 8 heteroatoms. The lowest BCUT2D eigenvalue weighted by atomic mass is 10.0. The molecule has 0 spiro atoms. The molecule has 2 aromatic rings. The van der Waals surface area contributed by atoms with E-state index in [1.54, 1.807) is 42.5 Å². The molecule has 1 aliphatic rings. The molecule has 2 N–H and O–H groups in total. The Balaban J connectivity index is 1.84. The molecule has 1 aromatic heterocycles. The number of carbonyl (C=O) groups excluding carboxylic acids is 2. The average Bonchev–Trinajstić information content (AvgIpc) is 3.18. The van der Waals surface area contributed by atoms with E-state index in [9.17, 15) is 19.5 Å². The summed E-state index contributed by atoms with van der Waals surface area (Å²) in [5.41, 5.74) is 0.945. The van der Waals surface area contributed by atoms with Gasteiger partial charge in [0.25, 0.3) is 5.91 Å². The van der Waals surface area contributed by atoms with Crippen LogP contribution in [0.5, 0.6) is 0 Å². The summed E-state index contributed by atoms with van der Waals surface area (Å²) in [4.78, 5) is 42.5. The number of carbonyl (C=O) groups is 3. The van der Waals surface area contributed by atoms with Crippen LogP contribution in [-0.2, 0) is 16.0 Å². The smallest absolute Gasteiger partial charge is 0.326 e. The third kappa shape index (κ3) is 4.67. The number of hydrogen-bond donors (Lipinski definition) is 2. The lowest BCUT2D eigenvalue weighted by Gasteiger charge is -2.27. The van der Waals surface area contributed by atoms with E-state index in [0.29, 0.717) is 24.4 Å². The Labute approximate surface area is 167 Å². The molecule has 0 aliphatic carbocycles. The third-order valence-corrected chi connectivity index (χ3v) is 4.89. The molecule has 0 radical (unpaired) electrons. The van der Waals surface area contributed by atoms with Crippen LogP contribution in [-0.4, -0.2) is 51.4 Å². The molecule has 0 bridgehead atoms. The lowest BCUT2D eigenvalue weighted by molar-refractivity contribution is -0.148. The van der Waals surface area contributed by atoms with Crippen molar-refractivity contribution in [1.29, 1.82) is 0 Å². The van der Waals surface area contributed by atoms with Crippen molar-refractivity contribution in [3.63, 3.8) is 0 Å². The molecule has 1 aromatic carbocycles. The summed E-state index contributed by atoms with van der Waals surface area (Å²) < 4.78 is 0. The number of nitrogens with zero attached hydrogens (tertiary/aromatic N) is 2. The minimum Gasteiger partial charge on any atom is -0.480 e. The molecule has 1 aliphatic heterocycles. The van der Waals surface area contributed by atoms with E-state index in [-0.39, 0.29) is 12.1 Å². The second-order valence-electron chi connectivity index (χ2n) is 6.60. The maximum atomic E-state index is 13.1. The van der Waals surface area contributed by atoms with Gasteiger partial charge in [0.2, 0.25) is 5.91 Å². The average molecular weight is 402 g/mol. The second kappa shape index (κ2) is 8.84. The Kier molecular flexibility index (Phi) is 6.26. The highest BCUT2D eigenvalue weighted by atomic mass is 35.5. The van der Waals surface area contributed by atoms with E-state index < -0.39 is 29.9 Å². The molecule has 28 heavy (non-hydrogen) atoms. The highest BCUT2D eigenvalue weighted by Crippen LogP contribution is 2.20. The van der Waals surface area contributed by atoms with E-state index in [1.807, 2.05) is 0 Å². The maximum absolute atomic E-state index is 13.1. The summed E-state index contributed by atoms with van der Waals surface area (Å²) in [7, 11) is 0. The minimum atomic E-state index is -1.04. The zero-order valence-electron chi connectivity index (χ0n) is 15.0. The van der Waals surface area contributed by atoms with Crippen molar-refractivity contribution in [2.75, 3.05) is 6.54 Å². The van der Waals surface area contributed by atoms with Crippen LogP contribution in [0, 0.1) is 0 Å². The van der Waals surface area contributed by atoms with Crippen molar-refractivity contribution in [1.82, 2.24) is 15.2 Å². The number of aliphatic carboxylic acids is 1. The topological polar surface area (TPSA) is 99.6 Å². The number of nitrogens with one attached hydrogen (secondary N) is 1. The van der Waals surface area contributed by atoms with E-state index in [2.05, 4.69) is 10.3 Å². The fourth-order valence-electron chi connectivity index (χ4n) is 3.32. The number of likely N-dealkylation sites (tertiary alicyclic amines) is 1. The monoisotopic (exact) mass is 401 g/mol. The van der Waals surface area contributed by atoms with Gasteiger partial charge in [0.05, 0.1) is 0 Å². The number of amides is 2. The number of carboxylic acids is 1. The molecule has 2 atom stereocenters. The molecule has 1 fully saturated rings. The fraction of sp³-hybridized carbons (Fsp3) is 0.300. The van der Waals surface area contributed by atoms with Crippen molar-refractivity contribution < 1.29 is 19.5 Å². The summed E-state index contributed by atoms with van der Waals surface area (Å²) in [5, 5.41) is 12.6. The van der Waals surface area contributed by atoms with Gasteiger partial charge in [0, 0.05) is 24.2 Å². The van der Waals surface area contributed by atoms with Gasteiger partial charge in [-0.1, -0.05) is 29.8 Å². The summed E-state index contributed by atoms with van der Waals surface area (Å²) in [5.74, 6) is -1.95. The van der Waals surface area contributed by atoms with Gasteiger partial charge in [-0.3, -0.25) is 14.6 Å². The Hall–Kier alpha value is -2.93. The Bertz CT molecular complexity index is 875. The van der Waals surface area contributed by atoms with Crippen LogP contribution < -0.4 is 5.32 Å². The molecule has 2 heterocycles. The fourth-order valence-corrected chi connectivity index (χ4v) is 3.53. The van der Waals surface area contributed by atoms with Crippen LogP contribution in [0.3, 0.4) is 0 Å². The predicted molar refractivity (Wildman–Crippen MR) is 103 cm³/mol. The van der Waals surface area contributed by atoms with Gasteiger partial charge < -0.3 is 15.3 Å². The van der Waals surface area contributed by atoms with Gasteiger partial charge >= 0.3 is 5.97 Å². The largest absolute Gasteiger partial charge is 0.480 e. The molecule has 3 rings (SSSR count). The van der Waals surface area contributed by atoms with Gasteiger partial charge in [-0.25, -0.2) is 4.79 Å². The van der Waals surface area contributed by atoms with Gasteiger partial charge in [0.15, 0.2) is 0 Å². The third-order valence-electron chi connectivity index (χ3n) is 4.65. The van der Waals surface area contributed by atoms with Gasteiger partial charge in [-0.05, 0) is 42.7 Å². The molecular weight excluding hydrogens is 382 g/mol. The summed E-state index contributed by atoms with van der Waals surface area (Å²) in [6.45, 7) is 0.349. The molecule has 2 amide bonds. The van der Waals surface area contributed by atoms with E-state index in [4.69, 9.17) is 11.6 Å². The van der Waals surface area contributed by atoms with Crippen molar-refractivity contribution in [2.24, 2.45) is 0 Å². The van der Waals surface area contributed by atoms with Crippen molar-refractivity contribution in [2.45, 2.75) is 31.3 Å². The van der Waals surface area contributed by atoms with Gasteiger partial charge in [0.1, 0.15) is 17.8 Å². The van der Waals surface area contributed by atoms with Crippen LogP contribution >= 0.6 is 11.6 Å². The Morgan fingerprint density at radius 3 is 2.75 bits per heavy atom. The van der Waals surface area contributed by atoms with Crippen LogP contribution in [0.25, 0.3) is 0 Å². The first-order valence-electron chi connectivity index (χ1n) is 8.95. The predicted octanol–water partition coefficient (Wildman–Crippen LogP) is 2.15. The van der Waals surface area contributed by atoms with Gasteiger partial charge in [-0.2, -0.15) is 0 Å². The second-order valence-corrected chi connectivity index (χ2v) is 7.04. The van der Waals surface area contributed by atoms with Crippen LogP contribution in [0.1, 0.15) is 28.9 Å². The standard InChI is InChI=1S/C20H20ClN3O4/c21-14-6-3-5-13(11-14)12-16(23-18(25)15-7-1-2-9-22-15)19(26)24-10-4-8-17(24)20(27)28/h1-3,5-7,9,11,16-17H,4,8,10,12H2,(H,23,25)(H,27,28). The highest BCUT2D eigenvalue weighted by Gasteiger charge is 2.37. The number of pyridine rings is 1. The normalized spacial score (nSPS) is 17.2. The molecular formula is C20H20ClN3O4. The SMILES string of the molecule is O=C(NC(Cc1cccc(Cl)c1)C(=O)N1CCCC1C(=O)O)c1ccccn1. The van der Waals surface area contributed by atoms with E-state index in [1.165, 1.54) is 11.1 Å². The molecule has 146 valence electrons. The van der Waals surface area contributed by atoms with Gasteiger partial charge in [-0.15, -0.1) is 0 Å². The Morgan fingerprint density at radius 2 is 2.07 bits per heavy atom. The molecule has 0 saturated carbocycles. The van der Waals surface area contributed by atoms with Crippen molar-refractivity contribution in [3.8, 4) is 0 Å². The molecule has 1 saturated heterocycles. The number of benzene rings is 1. The zero-order chi connectivity index (χ0) is 20.1. The lowest BCUT2D eigenvalue weighted by Crippen LogP contribution is -2.52. The number of aromatic nitrogens is 1. The first-order valence-corrected chi connectivity index (χ1v) is 9.33. The summed E-state index contributed by atoms with van der Waals surface area (Å²) in [6, 6.07) is 10.1. The van der Waals surface area contributed by atoms with E-state index >= 15 is 0 Å². The maximum Gasteiger partial charge on any atom is 0.326 e. The number of rotatable bonds is 6. The first-order chi connectivity index (χ1) is 13.5. The van der Waals surface area contributed by atoms with Crippen molar-refractivity contribution >= 4 is 29.4 Å². The number of halogens is 1. The van der Waals surface area contributed by atoms with E-state index in [0.717, 1.165) is 5.56 Å². The zero-order valence-corrected chi connectivity index (χ0v) is 15.8. The first kappa shape index (κ1) is 19.8. The highest BCUT2D eigenvalue weighted by molar-refractivity contribution is 6.30. The number of hydrogen-bond acceptors (Lipinski definition) is 4. The summed E-state index contributed by atoms with van der Waals surface area (Å²) >= 11 is 6.03. The number of carboxylic acid groups (broad SMARTS) is 1. The van der Waals surface area contributed by atoms with Crippen LogP contribution in [0.2, 0.25) is 5.02 Å². The van der Waals surface area contributed by atoms with Crippen LogP contribution in [0.15, 0.2) is 48.7 Å².